The number of rotatable bonds is 6. The molecule has 0 radical (unpaired) electrons. The van der Waals surface area contributed by atoms with Crippen molar-refractivity contribution in [2.24, 2.45) is 12.0 Å². The first-order valence-corrected chi connectivity index (χ1v) is 9.32. The van der Waals surface area contributed by atoms with Gasteiger partial charge in [0.25, 0.3) is 5.91 Å². The quantitative estimate of drug-likeness (QED) is 0.573. The zero-order valence-corrected chi connectivity index (χ0v) is 16.1. The molecule has 0 aliphatic carbocycles. The van der Waals surface area contributed by atoms with Gasteiger partial charge in [0.1, 0.15) is 0 Å². The predicted octanol–water partition coefficient (Wildman–Crippen LogP) is 4.38. The number of amides is 1. The first-order valence-electron chi connectivity index (χ1n) is 8.51. The molecule has 28 heavy (non-hydrogen) atoms. The van der Waals surface area contributed by atoms with Crippen LogP contribution < -0.4 is 14.3 Å². The van der Waals surface area contributed by atoms with Gasteiger partial charge in [0.15, 0.2) is 16.3 Å². The maximum atomic E-state index is 12.5. The van der Waals surface area contributed by atoms with Crippen molar-refractivity contribution in [1.29, 1.82) is 0 Å². The molecule has 5 nitrogen and oxygen atoms in total. The molecule has 0 unspecified atom stereocenters. The molecule has 0 aliphatic heterocycles. The molecule has 0 N–H and O–H groups in total. The zero-order valence-electron chi connectivity index (χ0n) is 15.3. The van der Waals surface area contributed by atoms with Gasteiger partial charge in [-0.05, 0) is 42.8 Å². The molecule has 8 heteroatoms. The fourth-order valence-electron chi connectivity index (χ4n) is 2.58. The van der Waals surface area contributed by atoms with E-state index in [0.29, 0.717) is 17.0 Å². The summed E-state index contributed by atoms with van der Waals surface area (Å²) in [5.41, 5.74) is 1.60. The number of aromatic nitrogens is 1. The van der Waals surface area contributed by atoms with Crippen LogP contribution in [0.4, 0.5) is 8.78 Å². The Morgan fingerprint density at radius 1 is 1.25 bits per heavy atom. The third kappa shape index (κ3) is 4.64. The number of aryl methyl sites for hydroxylation is 1. The highest BCUT2D eigenvalue weighted by molar-refractivity contribution is 7.16. The number of carbonyl (C=O) groups excluding carboxylic acids is 1. The summed E-state index contributed by atoms with van der Waals surface area (Å²) in [4.78, 5) is 16.9. The molecule has 1 aromatic heterocycles. The van der Waals surface area contributed by atoms with Crippen molar-refractivity contribution in [3.8, 4) is 11.5 Å². The molecule has 3 aromatic rings. The summed E-state index contributed by atoms with van der Waals surface area (Å²) < 4.78 is 37.6. The number of ether oxygens (including phenoxy) is 2. The fourth-order valence-corrected chi connectivity index (χ4v) is 3.60. The van der Waals surface area contributed by atoms with Crippen LogP contribution >= 0.6 is 11.3 Å². The summed E-state index contributed by atoms with van der Waals surface area (Å²) in [7, 11) is 1.85. The number of halogens is 2. The normalized spacial score (nSPS) is 12.2. The number of fused-ring (bicyclic) bond motifs is 1. The van der Waals surface area contributed by atoms with Crippen molar-refractivity contribution >= 4 is 33.5 Å². The molecule has 2 aromatic carbocycles. The highest BCUT2D eigenvalue weighted by Gasteiger charge is 2.11. The van der Waals surface area contributed by atoms with Crippen LogP contribution in [0.5, 0.6) is 11.5 Å². The minimum absolute atomic E-state index is 0.0534. The Labute approximate surface area is 164 Å². The van der Waals surface area contributed by atoms with E-state index in [4.69, 9.17) is 4.74 Å². The number of nitrogens with zero attached hydrogens (tertiary/aromatic N) is 2. The number of para-hydroxylation sites is 1. The van der Waals surface area contributed by atoms with E-state index in [-0.39, 0.29) is 11.5 Å². The van der Waals surface area contributed by atoms with Crippen LogP contribution in [0.2, 0.25) is 0 Å². The molecule has 0 fully saturated rings. The van der Waals surface area contributed by atoms with Crippen LogP contribution in [-0.4, -0.2) is 23.7 Å². The number of carbonyl (C=O) groups is 1. The molecule has 0 atom stereocenters. The lowest BCUT2D eigenvalue weighted by molar-refractivity contribution is -0.113. The van der Waals surface area contributed by atoms with Crippen LogP contribution in [-0.2, 0) is 11.8 Å². The maximum absolute atomic E-state index is 12.5. The number of benzene rings is 2. The van der Waals surface area contributed by atoms with Gasteiger partial charge >= 0.3 is 6.61 Å². The van der Waals surface area contributed by atoms with Gasteiger partial charge in [0.2, 0.25) is 0 Å². The van der Waals surface area contributed by atoms with E-state index in [0.717, 1.165) is 10.2 Å². The second kappa shape index (κ2) is 8.79. The van der Waals surface area contributed by atoms with Gasteiger partial charge in [-0.15, -0.1) is 0 Å². The molecule has 3 rings (SSSR count). The van der Waals surface area contributed by atoms with E-state index in [2.05, 4.69) is 9.73 Å². The summed E-state index contributed by atoms with van der Waals surface area (Å²) in [5, 5.41) is 0. The second-order valence-corrected chi connectivity index (χ2v) is 6.72. The van der Waals surface area contributed by atoms with Gasteiger partial charge in [-0.3, -0.25) is 4.79 Å². The average molecular weight is 404 g/mol. The smallest absolute Gasteiger partial charge is 0.387 e. The molecular formula is C20H18F2N2O3S. The molecule has 146 valence electrons. The Bertz CT molecular complexity index is 1090. The Morgan fingerprint density at radius 2 is 2.04 bits per heavy atom. The largest absolute Gasteiger partial charge is 0.490 e. The number of hydrogen-bond acceptors (Lipinski definition) is 4. The van der Waals surface area contributed by atoms with Crippen LogP contribution in [0, 0.1) is 0 Å². The first-order chi connectivity index (χ1) is 13.5. The van der Waals surface area contributed by atoms with E-state index in [1.54, 1.807) is 19.1 Å². The topological polar surface area (TPSA) is 52.8 Å². The molecule has 1 heterocycles. The Balaban J connectivity index is 1.83. The van der Waals surface area contributed by atoms with Crippen LogP contribution in [0.15, 0.2) is 53.5 Å². The summed E-state index contributed by atoms with van der Waals surface area (Å²) in [6, 6.07) is 12.3. The van der Waals surface area contributed by atoms with Crippen molar-refractivity contribution in [3.05, 3.63) is 58.9 Å². The molecule has 1 amide bonds. The van der Waals surface area contributed by atoms with E-state index >= 15 is 0 Å². The third-order valence-electron chi connectivity index (χ3n) is 3.82. The Hall–Kier alpha value is -3.00. The van der Waals surface area contributed by atoms with Crippen molar-refractivity contribution in [2.45, 2.75) is 13.5 Å². The molecule has 0 saturated carbocycles. The molecule has 0 aliphatic rings. The lowest BCUT2D eigenvalue weighted by atomic mass is 10.2. The van der Waals surface area contributed by atoms with E-state index in [1.807, 2.05) is 35.9 Å². The van der Waals surface area contributed by atoms with Crippen molar-refractivity contribution in [1.82, 2.24) is 4.57 Å². The zero-order chi connectivity index (χ0) is 20.1. The Morgan fingerprint density at radius 3 is 2.75 bits per heavy atom. The van der Waals surface area contributed by atoms with Gasteiger partial charge < -0.3 is 14.0 Å². The maximum Gasteiger partial charge on any atom is 0.387 e. The monoisotopic (exact) mass is 404 g/mol. The highest BCUT2D eigenvalue weighted by Crippen LogP contribution is 2.30. The average Bonchev–Trinajstić information content (AvgIpc) is 2.97. The minimum atomic E-state index is -2.94. The predicted molar refractivity (Wildman–Crippen MR) is 105 cm³/mol. The van der Waals surface area contributed by atoms with Gasteiger partial charge in [-0.1, -0.05) is 29.5 Å². The summed E-state index contributed by atoms with van der Waals surface area (Å²) in [5.74, 6) is -0.291. The van der Waals surface area contributed by atoms with Gasteiger partial charge in [0.05, 0.1) is 16.8 Å². The van der Waals surface area contributed by atoms with Crippen LogP contribution in [0.3, 0.4) is 0 Å². The summed E-state index contributed by atoms with van der Waals surface area (Å²) in [6.45, 7) is -0.908. The van der Waals surface area contributed by atoms with Crippen LogP contribution in [0.1, 0.15) is 12.5 Å². The number of thiazole rings is 1. The van der Waals surface area contributed by atoms with E-state index in [9.17, 15) is 13.6 Å². The fraction of sp³-hybridized carbons (Fsp3) is 0.200. The lowest BCUT2D eigenvalue weighted by Gasteiger charge is -2.11. The van der Waals surface area contributed by atoms with Crippen molar-refractivity contribution in [3.63, 3.8) is 0 Å². The van der Waals surface area contributed by atoms with E-state index < -0.39 is 12.5 Å². The molecule has 0 saturated heterocycles. The lowest BCUT2D eigenvalue weighted by Crippen LogP contribution is -2.12. The summed E-state index contributed by atoms with van der Waals surface area (Å²) >= 11 is 1.42. The molecule has 0 bridgehead atoms. The van der Waals surface area contributed by atoms with E-state index in [1.165, 1.54) is 29.5 Å². The van der Waals surface area contributed by atoms with Gasteiger partial charge in [0, 0.05) is 13.1 Å². The van der Waals surface area contributed by atoms with Gasteiger partial charge in [-0.25, -0.2) is 0 Å². The number of alkyl halides is 2. The first kappa shape index (κ1) is 19.8. The Kier molecular flexibility index (Phi) is 6.20. The molecule has 0 spiro atoms. The third-order valence-corrected chi connectivity index (χ3v) is 4.94. The molecular weight excluding hydrogens is 386 g/mol. The highest BCUT2D eigenvalue weighted by atomic mass is 32.1. The van der Waals surface area contributed by atoms with Gasteiger partial charge in [-0.2, -0.15) is 13.8 Å². The minimum Gasteiger partial charge on any atom is -0.490 e. The standard InChI is InChI=1S/C20H18F2N2O3S/c1-3-26-16-12-13(8-10-15(16)27-19(21)22)9-11-18(25)23-20-24(2)14-6-4-5-7-17(14)28-20/h4-12,19H,3H2,1-2H3. The SMILES string of the molecule is CCOc1cc(C=CC(=O)N=c2sc3ccccc3n2C)ccc1OC(F)F. The second-order valence-electron chi connectivity index (χ2n) is 5.71. The number of hydrogen-bond donors (Lipinski definition) is 0. The van der Waals surface area contributed by atoms with Crippen LogP contribution in [0.25, 0.3) is 16.3 Å². The van der Waals surface area contributed by atoms with Crippen molar-refractivity contribution < 1.29 is 23.0 Å². The van der Waals surface area contributed by atoms with Crippen molar-refractivity contribution in [2.75, 3.05) is 6.61 Å². The summed E-state index contributed by atoms with van der Waals surface area (Å²) in [6.07, 6.45) is 2.87.